The Balaban J connectivity index is 2.73. The molecule has 0 saturated heterocycles. The van der Waals surface area contributed by atoms with Crippen molar-refractivity contribution in [3.8, 4) is 0 Å². The Bertz CT molecular complexity index is 285. The first kappa shape index (κ1) is 10.7. The molecule has 14 heavy (non-hydrogen) atoms. The highest BCUT2D eigenvalue weighted by Gasteiger charge is 2.13. The molecule has 1 aromatic carbocycles. The smallest absolute Gasteiger partial charge is 0.274 e. The van der Waals surface area contributed by atoms with Crippen molar-refractivity contribution in [1.29, 1.82) is 0 Å². The van der Waals surface area contributed by atoms with Crippen LogP contribution in [0.5, 0.6) is 0 Å². The molecule has 1 radical (unpaired) electrons. The number of nitrogens with zero attached hydrogens (tertiary/aromatic N) is 1. The van der Waals surface area contributed by atoms with Gasteiger partial charge in [-0.05, 0) is 24.6 Å². The predicted molar refractivity (Wildman–Crippen MR) is 53.6 cm³/mol. The Morgan fingerprint density at radius 2 is 2.14 bits per heavy atom. The number of amides is 1. The first-order chi connectivity index (χ1) is 6.79. The van der Waals surface area contributed by atoms with Gasteiger partial charge in [-0.1, -0.05) is 19.1 Å². The van der Waals surface area contributed by atoms with Gasteiger partial charge in [0.25, 0.3) is 5.91 Å². The molecule has 0 spiro atoms. The van der Waals surface area contributed by atoms with Gasteiger partial charge in [-0.15, -0.1) is 0 Å². The van der Waals surface area contributed by atoms with E-state index in [1.165, 1.54) is 12.2 Å². The minimum atomic E-state index is -0.108. The highest BCUT2D eigenvalue weighted by atomic mass is 16.7. The van der Waals surface area contributed by atoms with E-state index in [4.69, 9.17) is 4.84 Å². The van der Waals surface area contributed by atoms with Crippen LogP contribution >= 0.6 is 0 Å². The van der Waals surface area contributed by atoms with E-state index in [0.717, 1.165) is 6.42 Å². The lowest BCUT2D eigenvalue weighted by Gasteiger charge is -2.18. The second-order valence-electron chi connectivity index (χ2n) is 2.88. The minimum absolute atomic E-state index is 0.108. The summed E-state index contributed by atoms with van der Waals surface area (Å²) in [5.41, 5.74) is 0.624. The number of rotatable bonds is 4. The molecule has 0 aliphatic rings. The average Bonchev–Trinajstić information content (AvgIpc) is 2.26. The maximum atomic E-state index is 11.8. The number of carbonyl (C=O) groups excluding carboxylic acids is 1. The lowest BCUT2D eigenvalue weighted by atomic mass is 10.2. The standard InChI is InChI=1S/C11H14NO2/c1-3-9-12(14-2)11(13)10-7-5-4-6-8-10/h5-8H,3,9H2,1-2H3. The summed E-state index contributed by atoms with van der Waals surface area (Å²) in [7, 11) is 1.50. The number of hydrogen-bond donors (Lipinski definition) is 0. The largest absolute Gasteiger partial charge is 0.277 e. The van der Waals surface area contributed by atoms with E-state index in [0.29, 0.717) is 12.1 Å². The molecule has 0 aliphatic heterocycles. The zero-order chi connectivity index (χ0) is 10.4. The summed E-state index contributed by atoms with van der Waals surface area (Å²) in [6.45, 7) is 2.60. The molecular weight excluding hydrogens is 178 g/mol. The Hall–Kier alpha value is -1.35. The maximum Gasteiger partial charge on any atom is 0.277 e. The van der Waals surface area contributed by atoms with Crippen molar-refractivity contribution in [3.05, 3.63) is 35.9 Å². The number of benzene rings is 1. The molecule has 0 saturated carbocycles. The van der Waals surface area contributed by atoms with Crippen molar-refractivity contribution in [2.75, 3.05) is 13.7 Å². The third-order valence-electron chi connectivity index (χ3n) is 1.84. The van der Waals surface area contributed by atoms with Gasteiger partial charge in [0.15, 0.2) is 0 Å². The molecule has 0 atom stereocenters. The van der Waals surface area contributed by atoms with Gasteiger partial charge < -0.3 is 0 Å². The summed E-state index contributed by atoms with van der Waals surface area (Å²) < 4.78 is 0. The summed E-state index contributed by atoms with van der Waals surface area (Å²) in [6.07, 6.45) is 0.874. The molecule has 1 rings (SSSR count). The summed E-state index contributed by atoms with van der Waals surface area (Å²) >= 11 is 0. The monoisotopic (exact) mass is 192 g/mol. The molecule has 0 unspecified atom stereocenters. The third kappa shape index (κ3) is 2.57. The lowest BCUT2D eigenvalue weighted by molar-refractivity contribution is -0.0948. The molecule has 0 N–H and O–H groups in total. The Kier molecular flexibility index (Phi) is 4.13. The molecule has 3 heteroatoms. The zero-order valence-corrected chi connectivity index (χ0v) is 8.49. The number of hydroxylamine groups is 2. The fraction of sp³-hybridized carbons (Fsp3) is 0.364. The summed E-state index contributed by atoms with van der Waals surface area (Å²) in [5, 5.41) is 1.36. The Morgan fingerprint density at radius 3 is 2.64 bits per heavy atom. The van der Waals surface area contributed by atoms with E-state index < -0.39 is 0 Å². The van der Waals surface area contributed by atoms with Crippen molar-refractivity contribution in [3.63, 3.8) is 0 Å². The van der Waals surface area contributed by atoms with Crippen LogP contribution in [-0.4, -0.2) is 24.6 Å². The van der Waals surface area contributed by atoms with E-state index in [2.05, 4.69) is 6.07 Å². The van der Waals surface area contributed by atoms with Gasteiger partial charge in [0.2, 0.25) is 0 Å². The molecule has 0 bridgehead atoms. The van der Waals surface area contributed by atoms with Crippen LogP contribution in [0, 0.1) is 6.07 Å². The van der Waals surface area contributed by atoms with E-state index in [-0.39, 0.29) is 5.91 Å². The molecule has 0 heterocycles. The molecule has 0 aliphatic carbocycles. The number of hydrogen-bond acceptors (Lipinski definition) is 2. The van der Waals surface area contributed by atoms with Gasteiger partial charge in [0.1, 0.15) is 0 Å². The van der Waals surface area contributed by atoms with Crippen LogP contribution in [0.3, 0.4) is 0 Å². The Labute approximate surface area is 84.2 Å². The molecule has 1 amide bonds. The summed E-state index contributed by atoms with van der Waals surface area (Å²) in [6, 6.07) is 9.75. The molecule has 1 aromatic rings. The van der Waals surface area contributed by atoms with Gasteiger partial charge in [0.05, 0.1) is 7.11 Å². The van der Waals surface area contributed by atoms with Gasteiger partial charge in [-0.2, -0.15) is 0 Å². The summed E-state index contributed by atoms with van der Waals surface area (Å²) in [5.74, 6) is -0.108. The second kappa shape index (κ2) is 5.40. The van der Waals surface area contributed by atoms with E-state index in [1.54, 1.807) is 24.3 Å². The maximum absolute atomic E-state index is 11.8. The minimum Gasteiger partial charge on any atom is -0.274 e. The average molecular weight is 192 g/mol. The quantitative estimate of drug-likeness (QED) is 0.682. The molecule has 0 fully saturated rings. The lowest BCUT2D eigenvalue weighted by Crippen LogP contribution is -2.30. The van der Waals surface area contributed by atoms with Crippen LogP contribution in [-0.2, 0) is 4.84 Å². The van der Waals surface area contributed by atoms with Gasteiger partial charge in [-0.25, -0.2) is 5.06 Å². The summed E-state index contributed by atoms with van der Waals surface area (Å²) in [4.78, 5) is 16.7. The molecule has 3 nitrogen and oxygen atoms in total. The fourth-order valence-electron chi connectivity index (χ4n) is 1.15. The third-order valence-corrected chi connectivity index (χ3v) is 1.84. The normalized spacial score (nSPS) is 9.86. The first-order valence-corrected chi connectivity index (χ1v) is 4.61. The SMILES string of the molecule is CCCN(OC)C(=O)c1cc[c]cc1. The van der Waals surface area contributed by atoms with Crippen LogP contribution < -0.4 is 0 Å². The predicted octanol–water partition coefficient (Wildman–Crippen LogP) is 1.90. The fourth-order valence-corrected chi connectivity index (χ4v) is 1.15. The van der Waals surface area contributed by atoms with Crippen LogP contribution in [0.4, 0.5) is 0 Å². The van der Waals surface area contributed by atoms with Crippen molar-refractivity contribution in [2.24, 2.45) is 0 Å². The highest BCUT2D eigenvalue weighted by molar-refractivity contribution is 5.93. The van der Waals surface area contributed by atoms with Crippen molar-refractivity contribution >= 4 is 5.91 Å². The molecule has 75 valence electrons. The van der Waals surface area contributed by atoms with Crippen molar-refractivity contribution in [1.82, 2.24) is 5.06 Å². The van der Waals surface area contributed by atoms with Gasteiger partial charge in [-0.3, -0.25) is 9.63 Å². The Morgan fingerprint density at radius 1 is 1.50 bits per heavy atom. The first-order valence-electron chi connectivity index (χ1n) is 4.61. The zero-order valence-electron chi connectivity index (χ0n) is 8.49. The van der Waals surface area contributed by atoms with E-state index in [9.17, 15) is 4.79 Å². The van der Waals surface area contributed by atoms with E-state index in [1.807, 2.05) is 6.92 Å². The molecule has 0 aromatic heterocycles. The highest BCUT2D eigenvalue weighted by Crippen LogP contribution is 2.04. The van der Waals surface area contributed by atoms with Gasteiger partial charge in [0, 0.05) is 12.1 Å². The van der Waals surface area contributed by atoms with Crippen LogP contribution in [0.1, 0.15) is 23.7 Å². The topological polar surface area (TPSA) is 29.5 Å². The van der Waals surface area contributed by atoms with Crippen LogP contribution in [0.25, 0.3) is 0 Å². The van der Waals surface area contributed by atoms with Crippen LogP contribution in [0.15, 0.2) is 24.3 Å². The van der Waals surface area contributed by atoms with Crippen LogP contribution in [0.2, 0.25) is 0 Å². The van der Waals surface area contributed by atoms with Gasteiger partial charge >= 0.3 is 0 Å². The molecular formula is C11H14NO2. The van der Waals surface area contributed by atoms with Crippen molar-refractivity contribution in [2.45, 2.75) is 13.3 Å². The van der Waals surface area contributed by atoms with Crippen molar-refractivity contribution < 1.29 is 9.63 Å². The number of carbonyl (C=O) groups is 1. The second-order valence-corrected chi connectivity index (χ2v) is 2.88. The van der Waals surface area contributed by atoms with E-state index >= 15 is 0 Å².